The van der Waals surface area contributed by atoms with Crippen LogP contribution in [0.15, 0.2) is 72.9 Å². The summed E-state index contributed by atoms with van der Waals surface area (Å²) in [7, 11) is 0. The smallest absolute Gasteiger partial charge is 0.256 e. The monoisotopic (exact) mass is 402 g/mol. The van der Waals surface area contributed by atoms with Crippen molar-refractivity contribution >= 4 is 45.7 Å². The van der Waals surface area contributed by atoms with E-state index in [9.17, 15) is 9.18 Å². The summed E-state index contributed by atoms with van der Waals surface area (Å²) in [6.45, 7) is 0.679. The van der Waals surface area contributed by atoms with Gasteiger partial charge in [-0.15, -0.1) is 0 Å². The Morgan fingerprint density at radius 3 is 2.66 bits per heavy atom. The van der Waals surface area contributed by atoms with E-state index in [1.165, 1.54) is 12.1 Å². The molecule has 0 atom stereocenters. The summed E-state index contributed by atoms with van der Waals surface area (Å²) in [5.41, 5.74) is 4.79. The molecular weight excluding hydrogens is 387 g/mol. The number of anilines is 1. The van der Waals surface area contributed by atoms with E-state index in [0.717, 1.165) is 22.0 Å². The maximum absolute atomic E-state index is 13.7. The van der Waals surface area contributed by atoms with Gasteiger partial charge in [-0.1, -0.05) is 41.9 Å². The van der Waals surface area contributed by atoms with Crippen LogP contribution >= 0.6 is 11.6 Å². The van der Waals surface area contributed by atoms with Crippen LogP contribution in [0.25, 0.3) is 22.6 Å². The van der Waals surface area contributed by atoms with Crippen LogP contribution in [0.5, 0.6) is 0 Å². The first-order valence-electron chi connectivity index (χ1n) is 9.24. The maximum atomic E-state index is 13.7. The highest BCUT2D eigenvalue weighted by Gasteiger charge is 2.25. The average Bonchev–Trinajstić information content (AvgIpc) is 3.22. The highest BCUT2D eigenvalue weighted by Crippen LogP contribution is 2.35. The summed E-state index contributed by atoms with van der Waals surface area (Å²) in [5.74, 6) is -0.587. The lowest BCUT2D eigenvalue weighted by atomic mass is 10.0. The Kier molecular flexibility index (Phi) is 4.22. The molecular formula is C24H16ClFN2O. The summed E-state index contributed by atoms with van der Waals surface area (Å²) in [4.78, 5) is 12.5. The molecule has 0 saturated carbocycles. The molecule has 3 aromatic carbocycles. The number of amides is 1. The summed E-state index contributed by atoms with van der Waals surface area (Å²) in [6, 6.07) is 20.1. The largest absolute Gasteiger partial charge is 0.342 e. The van der Waals surface area contributed by atoms with Gasteiger partial charge >= 0.3 is 0 Å². The summed E-state index contributed by atoms with van der Waals surface area (Å²) >= 11 is 6.00. The van der Waals surface area contributed by atoms with Crippen molar-refractivity contribution in [3.8, 4) is 0 Å². The van der Waals surface area contributed by atoms with Gasteiger partial charge in [0.15, 0.2) is 0 Å². The fourth-order valence-electron chi connectivity index (χ4n) is 3.77. The molecule has 1 N–H and O–H groups in total. The molecule has 5 rings (SSSR count). The van der Waals surface area contributed by atoms with Crippen molar-refractivity contribution < 1.29 is 9.18 Å². The molecule has 0 aliphatic carbocycles. The van der Waals surface area contributed by atoms with Crippen LogP contribution < -0.4 is 5.32 Å². The van der Waals surface area contributed by atoms with Crippen LogP contribution in [0.1, 0.15) is 16.7 Å². The van der Waals surface area contributed by atoms with Crippen molar-refractivity contribution in [1.29, 1.82) is 0 Å². The molecule has 142 valence electrons. The topological polar surface area (TPSA) is 34.0 Å². The van der Waals surface area contributed by atoms with Crippen LogP contribution in [0, 0.1) is 5.82 Å². The van der Waals surface area contributed by atoms with Crippen LogP contribution in [0.3, 0.4) is 0 Å². The number of aromatic nitrogens is 1. The first kappa shape index (κ1) is 17.7. The minimum absolute atomic E-state index is 0.222. The number of nitrogens with zero attached hydrogens (tertiary/aromatic N) is 1. The molecule has 3 nitrogen and oxygen atoms in total. The average molecular weight is 403 g/mol. The number of para-hydroxylation sites is 1. The summed E-state index contributed by atoms with van der Waals surface area (Å²) < 4.78 is 15.9. The van der Waals surface area contributed by atoms with Crippen molar-refractivity contribution in [2.45, 2.75) is 6.54 Å². The number of hydrogen-bond donors (Lipinski definition) is 1. The van der Waals surface area contributed by atoms with Gasteiger partial charge in [0.05, 0.1) is 0 Å². The molecule has 0 bridgehead atoms. The summed E-state index contributed by atoms with van der Waals surface area (Å²) in [6.07, 6.45) is 3.86. The lowest BCUT2D eigenvalue weighted by Crippen LogP contribution is -2.03. The molecule has 1 aromatic heterocycles. The lowest BCUT2D eigenvalue weighted by molar-refractivity contribution is -0.110. The van der Waals surface area contributed by atoms with Gasteiger partial charge in [-0.3, -0.25) is 4.79 Å². The molecule has 5 heteroatoms. The first-order chi connectivity index (χ1) is 14.1. The van der Waals surface area contributed by atoms with Crippen molar-refractivity contribution in [2.75, 3.05) is 5.32 Å². The van der Waals surface area contributed by atoms with Crippen LogP contribution in [-0.4, -0.2) is 10.5 Å². The van der Waals surface area contributed by atoms with Gasteiger partial charge in [0, 0.05) is 51.1 Å². The lowest BCUT2D eigenvalue weighted by Gasteiger charge is -2.05. The minimum Gasteiger partial charge on any atom is -0.342 e. The second kappa shape index (κ2) is 6.90. The molecule has 1 aliphatic rings. The highest BCUT2D eigenvalue weighted by atomic mass is 35.5. The number of halogens is 2. The molecule has 0 unspecified atom stereocenters. The zero-order chi connectivity index (χ0) is 20.0. The zero-order valence-corrected chi connectivity index (χ0v) is 16.1. The SMILES string of the molecule is O=C1Nc2ccc(F)cc2C1=Cc1cn(Cc2ccc(Cl)cc2)c2ccccc12. The van der Waals surface area contributed by atoms with Crippen LogP contribution in [0.4, 0.5) is 10.1 Å². The van der Waals surface area contributed by atoms with Gasteiger partial charge in [-0.05, 0) is 48.0 Å². The molecule has 1 aliphatic heterocycles. The molecule has 0 radical (unpaired) electrons. The normalized spacial score (nSPS) is 14.4. The van der Waals surface area contributed by atoms with Crippen LogP contribution in [0.2, 0.25) is 5.02 Å². The van der Waals surface area contributed by atoms with Crippen molar-refractivity contribution in [3.05, 3.63) is 100 Å². The number of hydrogen-bond acceptors (Lipinski definition) is 1. The Hall–Kier alpha value is -3.37. The second-order valence-corrected chi connectivity index (χ2v) is 7.49. The Morgan fingerprint density at radius 1 is 1.03 bits per heavy atom. The molecule has 2 heterocycles. The maximum Gasteiger partial charge on any atom is 0.256 e. The number of carbonyl (C=O) groups is 1. The predicted octanol–water partition coefficient (Wildman–Crippen LogP) is 5.97. The minimum atomic E-state index is -0.365. The van der Waals surface area contributed by atoms with E-state index in [0.29, 0.717) is 28.4 Å². The Labute approximate surface area is 172 Å². The van der Waals surface area contributed by atoms with E-state index < -0.39 is 0 Å². The standard InChI is InChI=1S/C24H16ClFN2O/c25-17-7-5-15(6-8-17)13-28-14-16(19-3-1-2-4-23(19)28)11-21-20-12-18(26)9-10-22(20)27-24(21)29/h1-12,14H,13H2,(H,27,29). The quantitative estimate of drug-likeness (QED) is 0.420. The van der Waals surface area contributed by atoms with Crippen molar-refractivity contribution in [1.82, 2.24) is 4.57 Å². The molecule has 29 heavy (non-hydrogen) atoms. The Balaban J connectivity index is 1.62. The predicted molar refractivity (Wildman–Crippen MR) is 115 cm³/mol. The Morgan fingerprint density at radius 2 is 1.83 bits per heavy atom. The van der Waals surface area contributed by atoms with E-state index in [1.54, 1.807) is 6.07 Å². The number of rotatable bonds is 3. The van der Waals surface area contributed by atoms with Gasteiger partial charge in [-0.2, -0.15) is 0 Å². The number of nitrogens with one attached hydrogen (secondary N) is 1. The van der Waals surface area contributed by atoms with E-state index in [2.05, 4.69) is 16.0 Å². The zero-order valence-electron chi connectivity index (χ0n) is 15.3. The van der Waals surface area contributed by atoms with E-state index in [4.69, 9.17) is 11.6 Å². The molecule has 0 fully saturated rings. The molecule has 0 spiro atoms. The van der Waals surface area contributed by atoms with Gasteiger partial charge < -0.3 is 9.88 Å². The van der Waals surface area contributed by atoms with Crippen molar-refractivity contribution in [3.63, 3.8) is 0 Å². The van der Waals surface area contributed by atoms with Gasteiger partial charge in [0.1, 0.15) is 5.82 Å². The van der Waals surface area contributed by atoms with E-state index in [1.807, 2.05) is 54.7 Å². The number of benzene rings is 3. The number of fused-ring (bicyclic) bond motifs is 2. The van der Waals surface area contributed by atoms with E-state index in [-0.39, 0.29) is 11.7 Å². The first-order valence-corrected chi connectivity index (χ1v) is 9.61. The van der Waals surface area contributed by atoms with E-state index >= 15 is 0 Å². The number of carbonyl (C=O) groups excluding carboxylic acids is 1. The highest BCUT2D eigenvalue weighted by molar-refractivity contribution is 6.35. The molecule has 0 saturated heterocycles. The van der Waals surface area contributed by atoms with Gasteiger partial charge in [0.25, 0.3) is 5.91 Å². The fraction of sp³-hybridized carbons (Fsp3) is 0.0417. The molecule has 4 aromatic rings. The Bertz CT molecular complexity index is 1290. The fourth-order valence-corrected chi connectivity index (χ4v) is 3.89. The van der Waals surface area contributed by atoms with Crippen molar-refractivity contribution in [2.24, 2.45) is 0 Å². The third kappa shape index (κ3) is 3.22. The van der Waals surface area contributed by atoms with Gasteiger partial charge in [0.2, 0.25) is 0 Å². The van der Waals surface area contributed by atoms with Crippen LogP contribution in [-0.2, 0) is 11.3 Å². The third-order valence-electron chi connectivity index (χ3n) is 5.15. The molecule has 1 amide bonds. The second-order valence-electron chi connectivity index (χ2n) is 7.06. The summed E-state index contributed by atoms with van der Waals surface area (Å²) in [5, 5.41) is 4.54. The van der Waals surface area contributed by atoms with Gasteiger partial charge in [-0.25, -0.2) is 4.39 Å². The third-order valence-corrected chi connectivity index (χ3v) is 5.40.